The van der Waals surface area contributed by atoms with E-state index in [1.165, 1.54) is 0 Å². The number of rotatable bonds is 3. The van der Waals surface area contributed by atoms with Gasteiger partial charge in [-0.2, -0.15) is 0 Å². The van der Waals surface area contributed by atoms with E-state index in [-0.39, 0.29) is 14.5 Å². The van der Waals surface area contributed by atoms with Gasteiger partial charge in [-0.25, -0.2) is 0 Å². The topological polar surface area (TPSA) is 83.9 Å². The molecule has 6 nitrogen and oxygen atoms in total. The number of primary amides is 1. The molecule has 88 valence electrons. The van der Waals surface area contributed by atoms with Crippen molar-refractivity contribution in [3.05, 3.63) is 22.8 Å². The summed E-state index contributed by atoms with van der Waals surface area (Å²) in [5.41, 5.74) is 5.90. The third kappa shape index (κ3) is 2.35. The van der Waals surface area contributed by atoms with Crippen molar-refractivity contribution in [2.75, 3.05) is 14.1 Å². The van der Waals surface area contributed by atoms with E-state index in [4.69, 9.17) is 5.73 Å². The molecule has 2 rings (SSSR count). The monoisotopic (exact) mass is 297 g/mol. The summed E-state index contributed by atoms with van der Waals surface area (Å²) in [5, 5.41) is 10.4. The van der Waals surface area contributed by atoms with Crippen LogP contribution in [0.5, 0.6) is 0 Å². The number of hydrogen-bond donors (Lipinski definition) is 1. The molecule has 0 aromatic carbocycles. The summed E-state index contributed by atoms with van der Waals surface area (Å²) < 4.78 is 1.40. The van der Waals surface area contributed by atoms with E-state index in [0.29, 0.717) is 10.1 Å². The molecule has 0 aliphatic carbocycles. The van der Waals surface area contributed by atoms with Crippen LogP contribution in [0, 0.1) is 0 Å². The molecule has 0 bridgehead atoms. The second kappa shape index (κ2) is 4.65. The van der Waals surface area contributed by atoms with E-state index in [9.17, 15) is 4.79 Å². The molecule has 2 N–H and O–H groups in total. The van der Waals surface area contributed by atoms with E-state index in [1.807, 2.05) is 12.1 Å². The number of aromatic nitrogens is 1. The summed E-state index contributed by atoms with van der Waals surface area (Å²) in [6.07, 6.45) is 1.70. The van der Waals surface area contributed by atoms with Crippen LogP contribution in [0.1, 0.15) is 9.23 Å². The molecule has 0 spiro atoms. The minimum atomic E-state index is -0.448. The Morgan fingerprint density at radius 2 is 2.29 bits per heavy atom. The van der Waals surface area contributed by atoms with Crippen molar-refractivity contribution < 1.29 is 4.79 Å². The van der Waals surface area contributed by atoms with Crippen LogP contribution in [0.4, 0.5) is 5.69 Å². The first-order valence-electron chi connectivity index (χ1n) is 4.86. The van der Waals surface area contributed by atoms with Gasteiger partial charge in [0, 0.05) is 0 Å². The van der Waals surface area contributed by atoms with E-state index in [1.54, 1.807) is 25.3 Å². The molecule has 2 aromatic rings. The first-order valence-corrected chi connectivity index (χ1v) is 6.57. The van der Waals surface area contributed by atoms with Crippen molar-refractivity contribution in [2.24, 2.45) is 16.1 Å². The normalized spacial score (nSPS) is 11.2. The van der Waals surface area contributed by atoms with Crippen molar-refractivity contribution in [1.29, 1.82) is 0 Å². The standard InChI is InChI=1S/C10H11N5OSe/c1-15(2)14-13-7-6-4-3-5-12-10(6)17-8(7)9(11)16/h3-5H,1-2H3,(H2,11,16). The van der Waals surface area contributed by atoms with E-state index in [0.717, 1.165) is 9.78 Å². The molecule has 0 fully saturated rings. The minimum absolute atomic E-state index is 0.177. The van der Waals surface area contributed by atoms with Crippen LogP contribution in [-0.2, 0) is 0 Å². The van der Waals surface area contributed by atoms with Gasteiger partial charge in [-0.1, -0.05) is 0 Å². The van der Waals surface area contributed by atoms with Gasteiger partial charge in [-0.3, -0.25) is 0 Å². The summed E-state index contributed by atoms with van der Waals surface area (Å²) in [5.74, 6) is -0.448. The Kier molecular flexibility index (Phi) is 3.21. The molecular weight excluding hydrogens is 285 g/mol. The van der Waals surface area contributed by atoms with E-state index < -0.39 is 5.91 Å². The predicted octanol–water partition coefficient (Wildman–Crippen LogP) is 0.951. The van der Waals surface area contributed by atoms with Crippen molar-refractivity contribution in [1.82, 2.24) is 9.99 Å². The average molecular weight is 296 g/mol. The average Bonchev–Trinajstić information content (AvgIpc) is 2.65. The molecule has 0 unspecified atom stereocenters. The fourth-order valence-corrected chi connectivity index (χ4v) is 3.27. The Hall–Kier alpha value is -1.72. The number of amides is 1. The first-order chi connectivity index (χ1) is 8.09. The summed E-state index contributed by atoms with van der Waals surface area (Å²) >= 11 is -0.177. The molecular formula is C10H11N5OSe. The molecule has 0 atom stereocenters. The number of hydrogen-bond acceptors (Lipinski definition) is 4. The van der Waals surface area contributed by atoms with Crippen LogP contribution in [0.15, 0.2) is 28.7 Å². The Bertz CT molecular complexity index is 589. The second-order valence-electron chi connectivity index (χ2n) is 3.54. The predicted molar refractivity (Wildman–Crippen MR) is 65.4 cm³/mol. The van der Waals surface area contributed by atoms with E-state index in [2.05, 4.69) is 15.3 Å². The van der Waals surface area contributed by atoms with Crippen LogP contribution in [-0.4, -0.2) is 44.5 Å². The molecule has 0 radical (unpaired) electrons. The van der Waals surface area contributed by atoms with Crippen LogP contribution in [0.25, 0.3) is 9.78 Å². The van der Waals surface area contributed by atoms with Gasteiger partial charge in [-0.05, 0) is 0 Å². The maximum absolute atomic E-state index is 11.4. The van der Waals surface area contributed by atoms with Crippen molar-refractivity contribution in [3.63, 3.8) is 0 Å². The van der Waals surface area contributed by atoms with Crippen molar-refractivity contribution >= 4 is 35.9 Å². The number of nitrogens with zero attached hydrogens (tertiary/aromatic N) is 4. The van der Waals surface area contributed by atoms with Gasteiger partial charge >= 0.3 is 104 Å². The summed E-state index contributed by atoms with van der Waals surface area (Å²) in [7, 11) is 3.52. The van der Waals surface area contributed by atoms with Crippen LogP contribution < -0.4 is 5.73 Å². The van der Waals surface area contributed by atoms with Crippen LogP contribution >= 0.6 is 0 Å². The van der Waals surface area contributed by atoms with Crippen molar-refractivity contribution in [2.45, 2.75) is 0 Å². The zero-order valence-electron chi connectivity index (χ0n) is 9.41. The number of fused-ring (bicyclic) bond motifs is 1. The number of nitrogens with two attached hydrogens (primary N) is 1. The van der Waals surface area contributed by atoms with Gasteiger partial charge in [0.1, 0.15) is 0 Å². The fourth-order valence-electron chi connectivity index (χ4n) is 1.32. The second-order valence-corrected chi connectivity index (χ2v) is 5.63. The molecule has 0 saturated heterocycles. The van der Waals surface area contributed by atoms with Gasteiger partial charge in [0.25, 0.3) is 0 Å². The SMILES string of the molecule is CN(C)N=Nc1c(C(N)=O)[se]c2ncccc12. The zero-order chi connectivity index (χ0) is 12.4. The summed E-state index contributed by atoms with van der Waals surface area (Å²) in [6, 6.07) is 3.69. The Labute approximate surface area is 104 Å². The Morgan fingerprint density at radius 1 is 1.53 bits per heavy atom. The number of carbonyl (C=O) groups is 1. The fraction of sp³-hybridized carbons (Fsp3) is 0.200. The van der Waals surface area contributed by atoms with Gasteiger partial charge in [0.05, 0.1) is 0 Å². The Balaban J connectivity index is 2.64. The van der Waals surface area contributed by atoms with Crippen LogP contribution in [0.2, 0.25) is 0 Å². The third-order valence-electron chi connectivity index (χ3n) is 1.99. The molecule has 7 heteroatoms. The first kappa shape index (κ1) is 11.8. The van der Waals surface area contributed by atoms with Gasteiger partial charge in [0.2, 0.25) is 0 Å². The molecule has 0 aliphatic rings. The van der Waals surface area contributed by atoms with Crippen LogP contribution in [0.3, 0.4) is 0 Å². The van der Waals surface area contributed by atoms with Gasteiger partial charge in [0.15, 0.2) is 0 Å². The van der Waals surface area contributed by atoms with Gasteiger partial charge in [-0.15, -0.1) is 0 Å². The third-order valence-corrected chi connectivity index (χ3v) is 4.33. The molecule has 1 amide bonds. The summed E-state index contributed by atoms with van der Waals surface area (Å²) in [4.78, 5) is 15.6. The number of pyridine rings is 1. The van der Waals surface area contributed by atoms with Gasteiger partial charge < -0.3 is 0 Å². The van der Waals surface area contributed by atoms with E-state index >= 15 is 0 Å². The molecule has 2 heterocycles. The quantitative estimate of drug-likeness (QED) is 0.520. The molecule has 17 heavy (non-hydrogen) atoms. The molecule has 2 aromatic heterocycles. The zero-order valence-corrected chi connectivity index (χ0v) is 11.1. The van der Waals surface area contributed by atoms with Crippen molar-refractivity contribution in [3.8, 4) is 0 Å². The summed E-state index contributed by atoms with van der Waals surface area (Å²) in [6.45, 7) is 0. The number of carbonyl (C=O) groups excluding carboxylic acids is 1. The Morgan fingerprint density at radius 3 is 2.94 bits per heavy atom. The molecule has 0 aliphatic heterocycles. The maximum atomic E-state index is 11.4. The molecule has 0 saturated carbocycles.